The first kappa shape index (κ1) is 12.6. The van der Waals surface area contributed by atoms with E-state index < -0.39 is 0 Å². The third-order valence-corrected chi connectivity index (χ3v) is 5.43. The highest BCUT2D eigenvalue weighted by Gasteiger charge is 2.21. The van der Waals surface area contributed by atoms with Crippen molar-refractivity contribution in [1.82, 2.24) is 5.32 Å². The lowest BCUT2D eigenvalue weighted by Crippen LogP contribution is -2.16. The average Bonchev–Trinajstić information content (AvgIpc) is 3.23. The fourth-order valence-corrected chi connectivity index (χ4v) is 4.05. The van der Waals surface area contributed by atoms with E-state index in [0.29, 0.717) is 0 Å². The Morgan fingerprint density at radius 1 is 1.00 bits per heavy atom. The van der Waals surface area contributed by atoms with Crippen molar-refractivity contribution >= 4 is 11.8 Å². The van der Waals surface area contributed by atoms with E-state index in [1.54, 1.807) is 0 Å². The van der Waals surface area contributed by atoms with Crippen LogP contribution >= 0.6 is 11.8 Å². The third kappa shape index (κ3) is 3.52. The van der Waals surface area contributed by atoms with Gasteiger partial charge in [-0.15, -0.1) is 11.8 Å². The Kier molecular flexibility index (Phi) is 4.27. The maximum atomic E-state index is 3.64. The molecule has 0 saturated heterocycles. The molecule has 0 unspecified atom stereocenters. The van der Waals surface area contributed by atoms with E-state index in [9.17, 15) is 0 Å². The molecule has 1 aromatic carbocycles. The van der Waals surface area contributed by atoms with Gasteiger partial charge in [0.25, 0.3) is 0 Å². The largest absolute Gasteiger partial charge is 0.310 e. The molecule has 3 rings (SSSR count). The molecule has 0 amide bonds. The van der Waals surface area contributed by atoms with Crippen LogP contribution in [0.2, 0.25) is 0 Å². The number of rotatable bonds is 5. The zero-order valence-corrected chi connectivity index (χ0v) is 11.8. The van der Waals surface area contributed by atoms with Crippen LogP contribution in [0, 0.1) is 0 Å². The third-order valence-electron chi connectivity index (χ3n) is 3.98. The highest BCUT2D eigenvalue weighted by molar-refractivity contribution is 8.00. The van der Waals surface area contributed by atoms with Gasteiger partial charge in [-0.3, -0.25) is 0 Å². The summed E-state index contributed by atoms with van der Waals surface area (Å²) in [7, 11) is 0. The van der Waals surface area contributed by atoms with Crippen molar-refractivity contribution in [2.24, 2.45) is 0 Å². The second kappa shape index (κ2) is 6.12. The molecule has 18 heavy (non-hydrogen) atoms. The number of nitrogens with one attached hydrogen (secondary N) is 1. The number of hydrogen-bond donors (Lipinski definition) is 1. The molecule has 0 aliphatic heterocycles. The molecule has 0 atom stereocenters. The van der Waals surface area contributed by atoms with Crippen LogP contribution in [0.15, 0.2) is 29.2 Å². The zero-order valence-electron chi connectivity index (χ0n) is 11.0. The van der Waals surface area contributed by atoms with Crippen LogP contribution in [0.5, 0.6) is 0 Å². The Bertz CT molecular complexity index is 380. The smallest absolute Gasteiger partial charge is 0.0219 e. The minimum absolute atomic E-state index is 0.803. The molecule has 0 heterocycles. The average molecular weight is 261 g/mol. The second-order valence-electron chi connectivity index (χ2n) is 5.64. The molecule has 0 radical (unpaired) electrons. The molecule has 2 heteroatoms. The van der Waals surface area contributed by atoms with Crippen molar-refractivity contribution in [1.29, 1.82) is 0 Å². The summed E-state index contributed by atoms with van der Waals surface area (Å²) >= 11 is 2.12. The molecule has 2 fully saturated rings. The molecule has 0 aromatic heterocycles. The highest BCUT2D eigenvalue weighted by atomic mass is 32.2. The Hall–Kier alpha value is -0.470. The summed E-state index contributed by atoms with van der Waals surface area (Å²) in [5.74, 6) is 0. The van der Waals surface area contributed by atoms with Gasteiger partial charge in [-0.25, -0.2) is 0 Å². The van der Waals surface area contributed by atoms with Crippen molar-refractivity contribution in [3.05, 3.63) is 29.8 Å². The lowest BCUT2D eigenvalue weighted by molar-refractivity contribution is 0.516. The summed E-state index contributed by atoms with van der Waals surface area (Å²) in [6.07, 6.45) is 9.88. The first-order valence-electron chi connectivity index (χ1n) is 7.40. The second-order valence-corrected chi connectivity index (χ2v) is 6.98. The molecule has 98 valence electrons. The van der Waals surface area contributed by atoms with Gasteiger partial charge in [0, 0.05) is 22.7 Å². The molecule has 2 aliphatic rings. The van der Waals surface area contributed by atoms with Gasteiger partial charge in [0.2, 0.25) is 0 Å². The van der Waals surface area contributed by atoms with E-state index in [0.717, 1.165) is 17.8 Å². The maximum absolute atomic E-state index is 3.64. The van der Waals surface area contributed by atoms with E-state index in [4.69, 9.17) is 0 Å². The molecule has 0 bridgehead atoms. The Labute approximate surface area is 115 Å². The summed E-state index contributed by atoms with van der Waals surface area (Å²) in [5, 5.41) is 4.50. The van der Waals surface area contributed by atoms with Crippen molar-refractivity contribution < 1.29 is 0 Å². The fourth-order valence-electron chi connectivity index (χ4n) is 2.67. The molecular formula is C16H23NS. The first-order valence-corrected chi connectivity index (χ1v) is 8.28. The number of thioether (sulfide) groups is 1. The van der Waals surface area contributed by atoms with Crippen LogP contribution in [0.3, 0.4) is 0 Å². The molecular weight excluding hydrogens is 238 g/mol. The topological polar surface area (TPSA) is 12.0 Å². The Morgan fingerprint density at radius 2 is 1.78 bits per heavy atom. The summed E-state index contributed by atoms with van der Waals surface area (Å²) in [6, 6.07) is 9.77. The molecule has 0 spiro atoms. The SMILES string of the molecule is c1ccc(SC2CCCCC2)c(CNC2CC2)c1. The van der Waals surface area contributed by atoms with Crippen LogP contribution < -0.4 is 5.32 Å². The van der Waals surface area contributed by atoms with E-state index in [2.05, 4.69) is 41.3 Å². The van der Waals surface area contributed by atoms with Gasteiger partial charge < -0.3 is 5.32 Å². The van der Waals surface area contributed by atoms with Gasteiger partial charge in [-0.1, -0.05) is 37.5 Å². The van der Waals surface area contributed by atoms with Crippen LogP contribution in [-0.2, 0) is 6.54 Å². The van der Waals surface area contributed by atoms with E-state index >= 15 is 0 Å². The summed E-state index contributed by atoms with van der Waals surface area (Å²) < 4.78 is 0. The van der Waals surface area contributed by atoms with Crippen molar-refractivity contribution in [2.75, 3.05) is 0 Å². The van der Waals surface area contributed by atoms with Gasteiger partial charge in [-0.2, -0.15) is 0 Å². The van der Waals surface area contributed by atoms with E-state index in [-0.39, 0.29) is 0 Å². The van der Waals surface area contributed by atoms with Gasteiger partial charge in [0.05, 0.1) is 0 Å². The molecule has 1 nitrogen and oxygen atoms in total. The number of hydrogen-bond acceptors (Lipinski definition) is 2. The Balaban J connectivity index is 1.61. The van der Waals surface area contributed by atoms with Crippen molar-refractivity contribution in [2.45, 2.75) is 67.7 Å². The number of benzene rings is 1. The van der Waals surface area contributed by atoms with Crippen LogP contribution in [0.25, 0.3) is 0 Å². The monoisotopic (exact) mass is 261 g/mol. The lowest BCUT2D eigenvalue weighted by atomic mass is 10.0. The van der Waals surface area contributed by atoms with Gasteiger partial charge in [-0.05, 0) is 37.3 Å². The Morgan fingerprint density at radius 3 is 2.56 bits per heavy atom. The fraction of sp³-hybridized carbons (Fsp3) is 0.625. The van der Waals surface area contributed by atoms with Crippen molar-refractivity contribution in [3.63, 3.8) is 0 Å². The van der Waals surface area contributed by atoms with Crippen molar-refractivity contribution in [3.8, 4) is 0 Å². The zero-order chi connectivity index (χ0) is 12.2. The van der Waals surface area contributed by atoms with Gasteiger partial charge in [0.1, 0.15) is 0 Å². The summed E-state index contributed by atoms with van der Waals surface area (Å²) in [6.45, 7) is 1.06. The highest BCUT2D eigenvalue weighted by Crippen LogP contribution is 2.35. The molecule has 1 aromatic rings. The molecule has 2 saturated carbocycles. The van der Waals surface area contributed by atoms with Crippen LogP contribution in [-0.4, -0.2) is 11.3 Å². The standard InChI is InChI=1S/C16H23NS/c1-2-7-15(8-3-1)18-16-9-5-4-6-13(16)12-17-14-10-11-14/h4-6,9,14-15,17H,1-3,7-8,10-12H2. The van der Waals surface area contributed by atoms with Crippen LogP contribution in [0.1, 0.15) is 50.5 Å². The van der Waals surface area contributed by atoms with E-state index in [1.807, 2.05) is 0 Å². The summed E-state index contributed by atoms with van der Waals surface area (Å²) in [4.78, 5) is 1.51. The predicted octanol–water partition coefficient (Wildman–Crippen LogP) is 4.36. The first-order chi connectivity index (χ1) is 8.92. The van der Waals surface area contributed by atoms with Gasteiger partial charge >= 0.3 is 0 Å². The minimum Gasteiger partial charge on any atom is -0.310 e. The minimum atomic E-state index is 0.803. The molecule has 1 N–H and O–H groups in total. The lowest BCUT2D eigenvalue weighted by Gasteiger charge is -2.22. The predicted molar refractivity (Wildman–Crippen MR) is 79.0 cm³/mol. The summed E-state index contributed by atoms with van der Waals surface area (Å²) in [5.41, 5.74) is 1.50. The molecule has 2 aliphatic carbocycles. The van der Waals surface area contributed by atoms with Crippen LogP contribution in [0.4, 0.5) is 0 Å². The van der Waals surface area contributed by atoms with E-state index in [1.165, 1.54) is 55.4 Å². The van der Waals surface area contributed by atoms with Gasteiger partial charge in [0.15, 0.2) is 0 Å². The maximum Gasteiger partial charge on any atom is 0.0219 e. The normalized spacial score (nSPS) is 21.1. The quantitative estimate of drug-likeness (QED) is 0.845.